The van der Waals surface area contributed by atoms with Crippen LogP contribution in [0.5, 0.6) is 11.5 Å². The van der Waals surface area contributed by atoms with E-state index in [0.29, 0.717) is 13.0 Å². The van der Waals surface area contributed by atoms with Crippen LogP contribution < -0.4 is 9.47 Å². The average molecular weight is 538 g/mol. The van der Waals surface area contributed by atoms with Crippen molar-refractivity contribution in [3.05, 3.63) is 95.1 Å². The van der Waals surface area contributed by atoms with Gasteiger partial charge >= 0.3 is 0 Å². The van der Waals surface area contributed by atoms with E-state index >= 15 is 0 Å². The van der Waals surface area contributed by atoms with Gasteiger partial charge in [0.25, 0.3) is 0 Å². The molecule has 2 heterocycles. The molecule has 1 saturated carbocycles. The van der Waals surface area contributed by atoms with E-state index in [1.165, 1.54) is 22.3 Å². The van der Waals surface area contributed by atoms with Crippen molar-refractivity contribution in [3.63, 3.8) is 0 Å². The quantitative estimate of drug-likeness (QED) is 0.328. The Balaban J connectivity index is 1.29. The zero-order valence-electron chi connectivity index (χ0n) is 23.7. The lowest BCUT2D eigenvalue weighted by Gasteiger charge is -2.66. The highest BCUT2D eigenvalue weighted by Crippen LogP contribution is 2.69. The van der Waals surface area contributed by atoms with E-state index < -0.39 is 16.6 Å². The highest BCUT2D eigenvalue weighted by atomic mass is 16.5. The first-order valence-corrected chi connectivity index (χ1v) is 14.9. The van der Waals surface area contributed by atoms with Crippen molar-refractivity contribution < 1.29 is 19.0 Å². The predicted octanol–water partition coefficient (Wildman–Crippen LogP) is 5.71. The monoisotopic (exact) mass is 537 g/mol. The van der Waals surface area contributed by atoms with Gasteiger partial charge < -0.3 is 14.2 Å². The van der Waals surface area contributed by atoms with Crippen LogP contribution in [-0.4, -0.2) is 54.7 Å². The summed E-state index contributed by atoms with van der Waals surface area (Å²) in [4.78, 5) is 16.5. The third-order valence-electron chi connectivity index (χ3n) is 10.5. The summed E-state index contributed by atoms with van der Waals surface area (Å²) in [6.07, 6.45) is 5.88. The maximum absolute atomic E-state index is 13.9. The number of ether oxygens (including phenoxy) is 3. The van der Waals surface area contributed by atoms with E-state index in [1.807, 2.05) is 13.0 Å². The smallest absolute Gasteiger partial charge is 0.177 e. The van der Waals surface area contributed by atoms with Gasteiger partial charge in [0.05, 0.1) is 18.1 Å². The Morgan fingerprint density at radius 1 is 0.950 bits per heavy atom. The maximum Gasteiger partial charge on any atom is 0.177 e. The molecule has 40 heavy (non-hydrogen) atoms. The van der Waals surface area contributed by atoms with Gasteiger partial charge in [-0.15, -0.1) is 0 Å². The molecule has 1 saturated heterocycles. The second-order valence-electron chi connectivity index (χ2n) is 12.2. The van der Waals surface area contributed by atoms with E-state index in [4.69, 9.17) is 14.2 Å². The van der Waals surface area contributed by atoms with Gasteiger partial charge in [-0.25, -0.2) is 0 Å². The Morgan fingerprint density at radius 2 is 1.68 bits per heavy atom. The number of benzene rings is 3. The number of hydrogen-bond acceptors (Lipinski definition) is 5. The van der Waals surface area contributed by atoms with Crippen molar-refractivity contribution in [1.29, 1.82) is 0 Å². The van der Waals surface area contributed by atoms with Crippen LogP contribution in [0.15, 0.2) is 72.8 Å². The Kier molecular flexibility index (Phi) is 6.28. The van der Waals surface area contributed by atoms with Crippen molar-refractivity contribution in [2.75, 3.05) is 26.8 Å². The van der Waals surface area contributed by atoms with E-state index in [-0.39, 0.29) is 11.8 Å². The molecule has 5 heteroatoms. The molecule has 7 rings (SSSR count). The summed E-state index contributed by atoms with van der Waals surface area (Å²) >= 11 is 0. The number of carbonyl (C=O) groups is 1. The number of Topliss-reactive ketones (excluding diaryl/α,β-unsaturated/α-hetero) is 1. The molecule has 4 aliphatic rings. The van der Waals surface area contributed by atoms with Crippen LogP contribution in [0.4, 0.5) is 0 Å². The number of ketones is 1. The SMILES string of the molecule is COc1ccc2c3c1O[C@@]1(C)C(=O)CC[C@@]4(OCCCc5ccccc5)C(C2)N(CCc2ccccc2)CC[C@]314. The second kappa shape index (κ2) is 9.74. The van der Waals surface area contributed by atoms with Gasteiger partial charge in [-0.2, -0.15) is 0 Å². The van der Waals surface area contributed by atoms with Crippen LogP contribution in [0.1, 0.15) is 54.9 Å². The number of hydrogen-bond donors (Lipinski definition) is 0. The van der Waals surface area contributed by atoms with Gasteiger partial charge in [0.1, 0.15) is 0 Å². The fourth-order valence-electron chi connectivity index (χ4n) is 8.64. The average Bonchev–Trinajstić information content (AvgIpc) is 3.27. The van der Waals surface area contributed by atoms with Crippen LogP contribution in [-0.2, 0) is 34.2 Å². The molecule has 0 N–H and O–H groups in total. The fraction of sp³-hybridized carbons (Fsp3) is 0.457. The third-order valence-corrected chi connectivity index (χ3v) is 10.5. The minimum absolute atomic E-state index is 0.185. The number of likely N-dealkylation sites (tertiary alicyclic amines) is 1. The third kappa shape index (κ3) is 3.56. The zero-order valence-corrected chi connectivity index (χ0v) is 23.7. The number of aryl methyl sites for hydroxylation is 1. The summed E-state index contributed by atoms with van der Waals surface area (Å²) in [5.41, 5.74) is 3.19. The van der Waals surface area contributed by atoms with Crippen molar-refractivity contribution >= 4 is 5.78 Å². The summed E-state index contributed by atoms with van der Waals surface area (Å²) < 4.78 is 19.9. The number of piperidine rings is 1. The normalized spacial score (nSPS) is 30.1. The molecule has 2 fully saturated rings. The molecule has 208 valence electrons. The molecule has 3 aromatic carbocycles. The number of methoxy groups -OCH3 is 1. The molecule has 2 aliphatic heterocycles. The molecule has 3 aromatic rings. The minimum Gasteiger partial charge on any atom is -0.493 e. The topological polar surface area (TPSA) is 48.0 Å². The van der Waals surface area contributed by atoms with E-state index in [9.17, 15) is 4.79 Å². The van der Waals surface area contributed by atoms with Gasteiger partial charge in [0.2, 0.25) is 0 Å². The molecule has 1 spiro atoms. The zero-order chi connectivity index (χ0) is 27.4. The first-order valence-electron chi connectivity index (χ1n) is 14.9. The summed E-state index contributed by atoms with van der Waals surface area (Å²) in [6.45, 7) is 4.61. The fourth-order valence-corrected chi connectivity index (χ4v) is 8.64. The lowest BCUT2D eigenvalue weighted by molar-refractivity contribution is -0.231. The van der Waals surface area contributed by atoms with Crippen LogP contribution in [0.2, 0.25) is 0 Å². The Morgan fingerprint density at radius 3 is 2.40 bits per heavy atom. The first-order chi connectivity index (χ1) is 19.5. The van der Waals surface area contributed by atoms with E-state index in [0.717, 1.165) is 63.1 Å². The molecule has 0 amide bonds. The number of nitrogens with zero attached hydrogens (tertiary/aromatic N) is 1. The van der Waals surface area contributed by atoms with E-state index in [2.05, 4.69) is 71.6 Å². The summed E-state index contributed by atoms with van der Waals surface area (Å²) in [5.74, 6) is 1.68. The largest absolute Gasteiger partial charge is 0.493 e. The molecule has 4 atom stereocenters. The molecular weight excluding hydrogens is 498 g/mol. The number of carbonyl (C=O) groups excluding carboxylic acids is 1. The lowest BCUT2D eigenvalue weighted by atomic mass is 9.45. The molecule has 1 unspecified atom stereocenters. The summed E-state index contributed by atoms with van der Waals surface area (Å²) in [5, 5.41) is 0. The van der Waals surface area contributed by atoms with Crippen molar-refractivity contribution in [1.82, 2.24) is 4.90 Å². The molecule has 2 bridgehead atoms. The molecule has 0 radical (unpaired) electrons. The maximum atomic E-state index is 13.9. The van der Waals surface area contributed by atoms with Gasteiger partial charge in [-0.05, 0) is 74.8 Å². The van der Waals surface area contributed by atoms with Crippen LogP contribution in [0.3, 0.4) is 0 Å². The molecule has 5 nitrogen and oxygen atoms in total. The van der Waals surface area contributed by atoms with Gasteiger partial charge in [-0.1, -0.05) is 66.7 Å². The Labute approximate surface area is 237 Å². The van der Waals surface area contributed by atoms with E-state index in [1.54, 1.807) is 7.11 Å². The van der Waals surface area contributed by atoms with Crippen molar-refractivity contribution in [2.45, 2.75) is 74.5 Å². The first kappa shape index (κ1) is 25.8. The van der Waals surface area contributed by atoms with Gasteiger partial charge in [0.15, 0.2) is 22.9 Å². The highest BCUT2D eigenvalue weighted by Gasteiger charge is 2.78. The van der Waals surface area contributed by atoms with Crippen molar-refractivity contribution in [3.8, 4) is 11.5 Å². The Bertz CT molecular complexity index is 1410. The highest BCUT2D eigenvalue weighted by molar-refractivity contribution is 5.94. The summed E-state index contributed by atoms with van der Waals surface area (Å²) in [7, 11) is 1.69. The minimum atomic E-state index is -0.958. The van der Waals surface area contributed by atoms with Gasteiger partial charge in [0, 0.05) is 31.2 Å². The Hall–Kier alpha value is -3.15. The number of rotatable bonds is 9. The predicted molar refractivity (Wildman–Crippen MR) is 155 cm³/mol. The van der Waals surface area contributed by atoms with Crippen LogP contribution in [0.25, 0.3) is 0 Å². The molecular formula is C35H39NO4. The summed E-state index contributed by atoms with van der Waals surface area (Å²) in [6, 6.07) is 25.8. The molecule has 0 aromatic heterocycles. The van der Waals surface area contributed by atoms with Gasteiger partial charge in [-0.3, -0.25) is 9.69 Å². The molecule has 2 aliphatic carbocycles. The van der Waals surface area contributed by atoms with Crippen LogP contribution in [0, 0.1) is 0 Å². The second-order valence-corrected chi connectivity index (χ2v) is 12.2. The standard InChI is InChI=1S/C35H39NO4/c1-33-30(37)17-19-35(39-23-9-14-25-10-5-3-6-11-25)29-24-27-15-16-28(38-2)32(40-33)31(27)34(33,35)20-22-36(29)21-18-26-12-7-4-8-13-26/h3-8,10-13,15-16,29H,9,14,17-24H2,1-2H3/t29?,33-,34-,35+/m0/s1. The lowest BCUT2D eigenvalue weighted by Crippen LogP contribution is -2.80. The van der Waals surface area contributed by atoms with Crippen LogP contribution >= 0.6 is 0 Å². The van der Waals surface area contributed by atoms with Crippen molar-refractivity contribution in [2.24, 2.45) is 0 Å².